The number of aliphatic hydroxyl groups is 5. The Labute approximate surface area is 504 Å². The number of fused-ring (bicyclic) bond motifs is 1. The molecule has 2 heterocycles. The molecule has 9 aromatic rings. The van der Waals surface area contributed by atoms with E-state index >= 15 is 0 Å². The van der Waals surface area contributed by atoms with E-state index in [1.807, 2.05) is 18.2 Å². The van der Waals surface area contributed by atoms with Gasteiger partial charge in [-0.1, -0.05) is 278 Å². The molecule has 83 heavy (non-hydrogen) atoms. The topological polar surface area (TPSA) is 148 Å². The third-order valence-corrected chi connectivity index (χ3v) is 14.9. The molecule has 0 aromatic heterocycles. The van der Waals surface area contributed by atoms with Gasteiger partial charge in [0.05, 0.1) is 52.7 Å². The number of benzene rings is 9. The number of aliphatic hydroxyl groups excluding tert-OH is 5. The van der Waals surface area contributed by atoms with Crippen LogP contribution in [0.1, 0.15) is 13.8 Å². The molecule has 0 atom stereocenters. The molecule has 2 aliphatic heterocycles. The molecule has 0 saturated carbocycles. The van der Waals surface area contributed by atoms with Crippen LogP contribution in [0.5, 0.6) is 0 Å². The van der Waals surface area contributed by atoms with Gasteiger partial charge in [0.2, 0.25) is 0 Å². The SMILES string of the molecule is CC(C)O.OCCNCCO.OCCNCCO.[Ni+2].c1ccc([B-](c2ccccc2)(c2ccccc2)c2ccccc2)cc1.c1ccc([B-](c2ccccc2)(c2ccccc2)c2ccccc2)cc1.c1ccc([B-]23OCC[NH+]2CCO3)cc1. The molecule has 11 rings (SSSR count). The number of rotatable bonds is 17. The Hall–Kier alpha value is -6.73. The van der Waals surface area contributed by atoms with Crippen LogP contribution in [0.4, 0.5) is 0 Å². The minimum Gasteiger partial charge on any atom is -0.505 e. The van der Waals surface area contributed by atoms with Gasteiger partial charge in [0.15, 0.2) is 0 Å². The average molecular weight is 1160 g/mol. The Morgan fingerprint density at radius 3 is 0.723 bits per heavy atom. The van der Waals surface area contributed by atoms with Crippen molar-refractivity contribution in [3.8, 4) is 0 Å². The molecule has 0 radical (unpaired) electrons. The molecule has 0 amide bonds. The van der Waals surface area contributed by atoms with Crippen LogP contribution in [0.3, 0.4) is 0 Å². The molecule has 0 bridgehead atoms. The van der Waals surface area contributed by atoms with E-state index in [-0.39, 0.29) is 49.0 Å². The maximum Gasteiger partial charge on any atom is 2.00 e. The largest absolute Gasteiger partial charge is 2.00 e. The first-order valence-corrected chi connectivity index (χ1v) is 28.9. The first-order chi connectivity index (χ1) is 40.3. The smallest absolute Gasteiger partial charge is 0.505 e. The maximum atomic E-state index is 8.15. The van der Waals surface area contributed by atoms with Gasteiger partial charge >= 0.3 is 23.2 Å². The molecule has 0 unspecified atom stereocenters. The van der Waals surface area contributed by atoms with E-state index in [1.165, 1.54) is 54.0 Å². The van der Waals surface area contributed by atoms with Crippen molar-refractivity contribution in [3.63, 3.8) is 0 Å². The van der Waals surface area contributed by atoms with Crippen LogP contribution in [0, 0.1) is 0 Å². The van der Waals surface area contributed by atoms with Crippen LogP contribution >= 0.6 is 0 Å². The van der Waals surface area contributed by atoms with E-state index in [0.717, 1.165) is 26.3 Å². The second kappa shape index (κ2) is 37.5. The van der Waals surface area contributed by atoms with Gasteiger partial charge < -0.3 is 50.3 Å². The molecule has 8 N–H and O–H groups in total. The van der Waals surface area contributed by atoms with Crippen LogP contribution in [0.15, 0.2) is 273 Å². The van der Waals surface area contributed by atoms with Crippen molar-refractivity contribution >= 4 is 68.1 Å². The summed E-state index contributed by atoms with van der Waals surface area (Å²) in [7, 11) is 0. The predicted molar refractivity (Wildman–Crippen MR) is 346 cm³/mol. The quantitative estimate of drug-likeness (QED) is 0.0510. The molecular weight excluding hydrogens is 1070 g/mol. The van der Waals surface area contributed by atoms with E-state index in [0.29, 0.717) is 26.2 Å². The maximum absolute atomic E-state index is 8.15. The molecule has 10 nitrogen and oxygen atoms in total. The van der Waals surface area contributed by atoms with Gasteiger partial charge in [-0.05, 0) is 13.8 Å². The second-order valence-corrected chi connectivity index (χ2v) is 20.5. The number of hydrogen-bond acceptors (Lipinski definition) is 9. The van der Waals surface area contributed by atoms with Crippen LogP contribution < -0.4 is 64.6 Å². The van der Waals surface area contributed by atoms with Crippen molar-refractivity contribution in [2.24, 2.45) is 0 Å². The van der Waals surface area contributed by atoms with Gasteiger partial charge in [-0.25, -0.2) is 0 Å². The fourth-order valence-corrected chi connectivity index (χ4v) is 11.4. The Bertz CT molecular complexity index is 2510. The molecule has 9 aromatic carbocycles. The van der Waals surface area contributed by atoms with Crippen LogP contribution in [-0.4, -0.2) is 130 Å². The summed E-state index contributed by atoms with van der Waals surface area (Å²) in [5, 5.41) is 46.2. The summed E-state index contributed by atoms with van der Waals surface area (Å²) < 4.78 is 11.7. The summed E-state index contributed by atoms with van der Waals surface area (Å²) in [5.74, 6) is 0. The average Bonchev–Trinajstić information content (AvgIpc) is 4.22. The minimum absolute atomic E-state index is 0. The third kappa shape index (κ3) is 18.6. The Balaban J connectivity index is 0.000000202. The fraction of sp³-hybridized carbons (Fsp3) is 0.217. The predicted octanol–water partition coefficient (Wildman–Crippen LogP) is 2.41. The van der Waals surface area contributed by atoms with Gasteiger partial charge in [0.25, 0.3) is 0 Å². The van der Waals surface area contributed by atoms with E-state index in [2.05, 4.69) is 265 Å². The molecule has 2 aliphatic rings. The third-order valence-electron chi connectivity index (χ3n) is 14.9. The van der Waals surface area contributed by atoms with Crippen LogP contribution in [0.25, 0.3) is 0 Å². The number of nitrogens with one attached hydrogen (secondary N) is 3. The monoisotopic (exact) mass is 1160 g/mol. The summed E-state index contributed by atoms with van der Waals surface area (Å²) in [6, 6.07) is 97.4. The summed E-state index contributed by atoms with van der Waals surface area (Å²) in [4.78, 5) is 1.47. The van der Waals surface area contributed by atoms with Gasteiger partial charge in [-0.15, -0.1) is 0 Å². The van der Waals surface area contributed by atoms with E-state index in [4.69, 9.17) is 34.8 Å². The van der Waals surface area contributed by atoms with Crippen molar-refractivity contribution in [2.45, 2.75) is 20.0 Å². The summed E-state index contributed by atoms with van der Waals surface area (Å²) in [5.41, 5.74) is 11.9. The van der Waals surface area contributed by atoms with Crippen molar-refractivity contribution < 1.29 is 56.1 Å². The molecule has 436 valence electrons. The molecule has 0 spiro atoms. The fourth-order valence-electron chi connectivity index (χ4n) is 11.4. The van der Waals surface area contributed by atoms with Crippen molar-refractivity contribution in [1.29, 1.82) is 0 Å². The molecule has 0 aliphatic carbocycles. The zero-order chi connectivity index (χ0) is 58.0. The molecular formula is C69H84B3N3NiO7. The zero-order valence-electron chi connectivity index (χ0n) is 48.1. The summed E-state index contributed by atoms with van der Waals surface area (Å²) in [6.07, 6.45) is -2.60. The Kier molecular flexibility index (Phi) is 30.3. The standard InChI is InChI=1S/2C24H20B.C10H14BNO2.2C4H11NO2.C3H8O.Ni/c2*1-5-13-21(14-6-1)25(22-15-7-2-8-16-22,23-17-9-3-10-18-23)24-19-11-4-12-20-24;1-2-4-10(5-3-1)11-12(6-8-13-11)7-9-14-11;2*6-3-1-5-2-4-7;1-3(2)4;/h2*1-20H;1-5,12H,6-9H2;2*5-7H,1-4H2;3-4H,1-2H3;/q2*-1;;;;;+2. The van der Waals surface area contributed by atoms with Gasteiger partial charge in [-0.2, -0.15) is 43.7 Å². The first kappa shape index (κ1) is 67.1. The van der Waals surface area contributed by atoms with Gasteiger partial charge in [0, 0.05) is 32.3 Å². The number of hydrogen-bond donors (Lipinski definition) is 8. The Morgan fingerprint density at radius 2 is 0.542 bits per heavy atom. The van der Waals surface area contributed by atoms with Crippen LogP contribution in [-0.2, 0) is 25.8 Å². The molecule has 14 heteroatoms. The normalized spacial score (nSPS) is 14.8. The Morgan fingerprint density at radius 1 is 0.361 bits per heavy atom. The van der Waals surface area contributed by atoms with E-state index in [9.17, 15) is 0 Å². The number of quaternary nitrogens is 1. The summed E-state index contributed by atoms with van der Waals surface area (Å²) >= 11 is 0. The van der Waals surface area contributed by atoms with Crippen molar-refractivity contribution in [3.05, 3.63) is 273 Å². The minimum atomic E-state index is -1.22. The van der Waals surface area contributed by atoms with Crippen LogP contribution in [0.2, 0.25) is 0 Å². The second-order valence-electron chi connectivity index (χ2n) is 20.5. The van der Waals surface area contributed by atoms with E-state index in [1.54, 1.807) is 13.8 Å². The van der Waals surface area contributed by atoms with Gasteiger partial charge in [0.1, 0.15) is 12.3 Å². The summed E-state index contributed by atoms with van der Waals surface area (Å²) in [6.45, 7) is 8.89. The van der Waals surface area contributed by atoms with Crippen molar-refractivity contribution in [1.82, 2.24) is 10.6 Å². The van der Waals surface area contributed by atoms with Crippen molar-refractivity contribution in [2.75, 3.05) is 78.9 Å². The van der Waals surface area contributed by atoms with E-state index < -0.39 is 19.0 Å². The van der Waals surface area contributed by atoms with Gasteiger partial charge in [-0.3, -0.25) is 0 Å². The molecule has 2 saturated heterocycles. The first-order valence-electron chi connectivity index (χ1n) is 28.9. The zero-order valence-corrected chi connectivity index (χ0v) is 49.1. The molecule has 2 fully saturated rings.